The van der Waals surface area contributed by atoms with Gasteiger partial charge in [-0.15, -0.1) is 0 Å². The lowest BCUT2D eigenvalue weighted by molar-refractivity contribution is -0.163. The van der Waals surface area contributed by atoms with Gasteiger partial charge in [0.1, 0.15) is 0 Å². The third kappa shape index (κ3) is 6.75. The van der Waals surface area contributed by atoms with Crippen LogP contribution in [0.2, 0.25) is 0 Å². The van der Waals surface area contributed by atoms with E-state index in [9.17, 15) is 19.8 Å². The maximum atomic E-state index is 12.1. The largest absolute Gasteiger partial charge is 0.465 e. The van der Waals surface area contributed by atoms with Gasteiger partial charge >= 0.3 is 11.9 Å². The summed E-state index contributed by atoms with van der Waals surface area (Å²) in [6.07, 6.45) is 2.80. The summed E-state index contributed by atoms with van der Waals surface area (Å²) in [4.78, 5) is 24.2. The molecule has 1 saturated carbocycles. The second kappa shape index (κ2) is 9.79. The second-order valence-electron chi connectivity index (χ2n) is 6.11. The van der Waals surface area contributed by atoms with Gasteiger partial charge in [-0.1, -0.05) is 12.8 Å². The Balaban J connectivity index is 2.47. The SMILES string of the molecule is CC(O)CCOC(=O)C1CCCCC1C(=O)OCCC(C)O. The molecule has 0 amide bonds. The fraction of sp³-hybridized carbons (Fsp3) is 0.875. The molecule has 0 aromatic carbocycles. The molecular formula is C16H28O6. The summed E-state index contributed by atoms with van der Waals surface area (Å²) in [5, 5.41) is 18.3. The Labute approximate surface area is 131 Å². The smallest absolute Gasteiger partial charge is 0.309 e. The Kier molecular flexibility index (Phi) is 8.42. The Hall–Kier alpha value is -1.14. The van der Waals surface area contributed by atoms with Crippen LogP contribution < -0.4 is 0 Å². The molecule has 0 heterocycles. The van der Waals surface area contributed by atoms with Gasteiger partial charge in [-0.3, -0.25) is 9.59 Å². The molecule has 1 fully saturated rings. The lowest BCUT2D eigenvalue weighted by atomic mass is 9.79. The number of ether oxygens (including phenoxy) is 2. The van der Waals surface area contributed by atoms with Crippen LogP contribution in [0, 0.1) is 11.8 Å². The summed E-state index contributed by atoms with van der Waals surface area (Å²) in [5.74, 6) is -1.67. The first-order chi connectivity index (χ1) is 10.4. The predicted octanol–water partition coefficient (Wildman–Crippen LogP) is 1.42. The minimum atomic E-state index is -0.514. The molecule has 6 nitrogen and oxygen atoms in total. The molecule has 0 radical (unpaired) electrons. The maximum Gasteiger partial charge on any atom is 0.309 e. The van der Waals surface area contributed by atoms with Crippen molar-refractivity contribution in [2.75, 3.05) is 13.2 Å². The molecule has 0 aromatic rings. The Bertz CT molecular complexity index is 319. The van der Waals surface area contributed by atoms with Crippen LogP contribution in [-0.2, 0) is 19.1 Å². The van der Waals surface area contributed by atoms with Crippen molar-refractivity contribution in [2.24, 2.45) is 11.8 Å². The van der Waals surface area contributed by atoms with Crippen LogP contribution >= 0.6 is 0 Å². The summed E-state index contributed by atoms with van der Waals surface area (Å²) >= 11 is 0. The first-order valence-corrected chi connectivity index (χ1v) is 8.11. The van der Waals surface area contributed by atoms with Crippen LogP contribution in [0.4, 0.5) is 0 Å². The van der Waals surface area contributed by atoms with Crippen molar-refractivity contribution in [3.8, 4) is 0 Å². The molecule has 0 saturated heterocycles. The Morgan fingerprint density at radius 2 is 1.27 bits per heavy atom. The maximum absolute atomic E-state index is 12.1. The van der Waals surface area contributed by atoms with Crippen molar-refractivity contribution in [3.05, 3.63) is 0 Å². The van der Waals surface area contributed by atoms with Gasteiger partial charge in [-0.25, -0.2) is 0 Å². The first-order valence-electron chi connectivity index (χ1n) is 8.11. The van der Waals surface area contributed by atoms with Gasteiger partial charge in [0.05, 0.1) is 37.3 Å². The second-order valence-corrected chi connectivity index (χ2v) is 6.11. The molecule has 1 aliphatic rings. The molecule has 4 atom stereocenters. The third-order valence-corrected chi connectivity index (χ3v) is 3.93. The minimum absolute atomic E-state index is 0.163. The van der Waals surface area contributed by atoms with Gasteiger partial charge in [0.15, 0.2) is 0 Å². The summed E-state index contributed by atoms with van der Waals surface area (Å²) in [6, 6.07) is 0. The number of aliphatic hydroxyl groups excluding tert-OH is 2. The van der Waals surface area contributed by atoms with Crippen molar-refractivity contribution < 1.29 is 29.3 Å². The number of aliphatic hydroxyl groups is 2. The average molecular weight is 316 g/mol. The van der Waals surface area contributed by atoms with E-state index < -0.39 is 24.0 Å². The van der Waals surface area contributed by atoms with Gasteiger partial charge in [0.25, 0.3) is 0 Å². The molecule has 0 spiro atoms. The minimum Gasteiger partial charge on any atom is -0.465 e. The number of rotatable bonds is 8. The van der Waals surface area contributed by atoms with E-state index in [1.165, 1.54) is 0 Å². The van der Waals surface area contributed by atoms with E-state index in [-0.39, 0.29) is 25.2 Å². The molecule has 0 aliphatic heterocycles. The zero-order valence-corrected chi connectivity index (χ0v) is 13.5. The fourth-order valence-corrected chi connectivity index (χ4v) is 2.57. The van der Waals surface area contributed by atoms with E-state index >= 15 is 0 Å². The molecule has 2 N–H and O–H groups in total. The van der Waals surface area contributed by atoms with Crippen molar-refractivity contribution in [3.63, 3.8) is 0 Å². The zero-order valence-electron chi connectivity index (χ0n) is 13.5. The highest BCUT2D eigenvalue weighted by Gasteiger charge is 2.37. The van der Waals surface area contributed by atoms with Gasteiger partial charge in [0, 0.05) is 12.8 Å². The van der Waals surface area contributed by atoms with Gasteiger partial charge < -0.3 is 19.7 Å². The van der Waals surface area contributed by atoms with E-state index in [0.717, 1.165) is 12.8 Å². The lowest BCUT2D eigenvalue weighted by Gasteiger charge is -2.28. The summed E-state index contributed by atoms with van der Waals surface area (Å²) in [7, 11) is 0. The Morgan fingerprint density at radius 1 is 0.909 bits per heavy atom. The van der Waals surface area contributed by atoms with Crippen LogP contribution in [-0.4, -0.2) is 47.6 Å². The van der Waals surface area contributed by atoms with Crippen LogP contribution in [0.25, 0.3) is 0 Å². The number of hydrogen-bond donors (Lipinski definition) is 2. The zero-order chi connectivity index (χ0) is 16.5. The van der Waals surface area contributed by atoms with Gasteiger partial charge in [-0.05, 0) is 26.7 Å². The molecule has 4 unspecified atom stereocenters. The summed E-state index contributed by atoms with van der Waals surface area (Å²) in [6.45, 7) is 3.60. The third-order valence-electron chi connectivity index (χ3n) is 3.93. The lowest BCUT2D eigenvalue weighted by Crippen LogP contribution is -2.35. The van der Waals surface area contributed by atoms with E-state index in [1.807, 2.05) is 0 Å². The molecular weight excluding hydrogens is 288 g/mol. The highest BCUT2D eigenvalue weighted by atomic mass is 16.5. The van der Waals surface area contributed by atoms with Crippen molar-refractivity contribution in [2.45, 2.75) is 64.6 Å². The molecule has 1 rings (SSSR count). The molecule has 0 bridgehead atoms. The van der Waals surface area contributed by atoms with E-state index in [1.54, 1.807) is 13.8 Å². The topological polar surface area (TPSA) is 93.1 Å². The quantitative estimate of drug-likeness (QED) is 0.658. The standard InChI is InChI=1S/C16H28O6/c1-11(17)7-9-21-15(19)13-5-3-4-6-14(13)16(20)22-10-8-12(2)18/h11-14,17-18H,3-10H2,1-2H3. The molecule has 0 aromatic heterocycles. The van der Waals surface area contributed by atoms with Crippen molar-refractivity contribution in [1.82, 2.24) is 0 Å². The normalized spacial score (nSPS) is 24.4. The van der Waals surface area contributed by atoms with Crippen LogP contribution in [0.5, 0.6) is 0 Å². The molecule has 1 aliphatic carbocycles. The number of esters is 2. The van der Waals surface area contributed by atoms with E-state index in [2.05, 4.69) is 0 Å². The summed E-state index contributed by atoms with van der Waals surface area (Å²) in [5.41, 5.74) is 0. The molecule has 22 heavy (non-hydrogen) atoms. The monoisotopic (exact) mass is 316 g/mol. The predicted molar refractivity (Wildman–Crippen MR) is 80.0 cm³/mol. The molecule has 128 valence electrons. The van der Waals surface area contributed by atoms with E-state index in [4.69, 9.17) is 9.47 Å². The van der Waals surface area contributed by atoms with Crippen LogP contribution in [0.3, 0.4) is 0 Å². The van der Waals surface area contributed by atoms with Crippen LogP contribution in [0.1, 0.15) is 52.4 Å². The highest BCUT2D eigenvalue weighted by Crippen LogP contribution is 2.32. The van der Waals surface area contributed by atoms with Gasteiger partial charge in [0.2, 0.25) is 0 Å². The van der Waals surface area contributed by atoms with Crippen molar-refractivity contribution in [1.29, 1.82) is 0 Å². The first kappa shape index (κ1) is 18.9. The van der Waals surface area contributed by atoms with Crippen molar-refractivity contribution >= 4 is 11.9 Å². The summed E-state index contributed by atoms with van der Waals surface area (Å²) < 4.78 is 10.3. The fourth-order valence-electron chi connectivity index (χ4n) is 2.57. The Morgan fingerprint density at radius 3 is 1.59 bits per heavy atom. The van der Waals surface area contributed by atoms with Crippen LogP contribution in [0.15, 0.2) is 0 Å². The molecule has 6 heteroatoms. The van der Waals surface area contributed by atoms with Gasteiger partial charge in [-0.2, -0.15) is 0 Å². The van der Waals surface area contributed by atoms with E-state index in [0.29, 0.717) is 25.7 Å². The number of hydrogen-bond acceptors (Lipinski definition) is 6. The highest BCUT2D eigenvalue weighted by molar-refractivity contribution is 5.82. The number of carbonyl (C=O) groups is 2. The number of carbonyl (C=O) groups excluding carboxylic acids is 2. The average Bonchev–Trinajstić information content (AvgIpc) is 2.46.